The van der Waals surface area contributed by atoms with Crippen molar-refractivity contribution in [1.82, 2.24) is 10.2 Å². The maximum atomic E-state index is 12.2. The van der Waals surface area contributed by atoms with Crippen LogP contribution in [0.25, 0.3) is 0 Å². The van der Waals surface area contributed by atoms with Crippen molar-refractivity contribution < 1.29 is 9.59 Å². The number of hydrogen-bond donors (Lipinski definition) is 1. The maximum Gasteiger partial charge on any atom is 0.239 e. The number of nitrogens with zero attached hydrogens (tertiary/aromatic N) is 1. The Bertz CT molecular complexity index is 674. The standard InChI is InChI=1S/C20H26Cl2N2O2/c1-15(25)24(12-10-16-5-3-2-4-6-16)14-20(26)23-11-9-17-7-8-18(21)13-19(17)22/h5,7-8,13H,2-4,6,9-12,14H2,1H3,(H,23,26). The van der Waals surface area contributed by atoms with Crippen molar-refractivity contribution in [2.45, 2.75) is 45.4 Å². The lowest BCUT2D eigenvalue weighted by Crippen LogP contribution is -2.40. The van der Waals surface area contributed by atoms with Gasteiger partial charge in [-0.25, -0.2) is 0 Å². The normalized spacial score (nSPS) is 13.9. The average molecular weight is 397 g/mol. The number of rotatable bonds is 8. The fourth-order valence-electron chi connectivity index (χ4n) is 3.05. The van der Waals surface area contributed by atoms with Crippen LogP contribution in [0, 0.1) is 0 Å². The van der Waals surface area contributed by atoms with Gasteiger partial charge in [0.1, 0.15) is 0 Å². The van der Waals surface area contributed by atoms with Crippen LogP contribution in [0.15, 0.2) is 29.8 Å². The van der Waals surface area contributed by atoms with Crippen molar-refractivity contribution in [3.8, 4) is 0 Å². The predicted molar refractivity (Wildman–Crippen MR) is 107 cm³/mol. The molecule has 0 spiro atoms. The highest BCUT2D eigenvalue weighted by atomic mass is 35.5. The Balaban J connectivity index is 1.76. The van der Waals surface area contributed by atoms with Crippen LogP contribution >= 0.6 is 23.2 Å². The Morgan fingerprint density at radius 3 is 2.65 bits per heavy atom. The summed E-state index contributed by atoms with van der Waals surface area (Å²) in [7, 11) is 0. The first-order chi connectivity index (χ1) is 12.5. The van der Waals surface area contributed by atoms with Crippen molar-refractivity contribution in [2.24, 2.45) is 0 Å². The number of nitrogens with one attached hydrogen (secondary N) is 1. The number of carbonyl (C=O) groups excluding carboxylic acids is 2. The topological polar surface area (TPSA) is 49.4 Å². The van der Waals surface area contributed by atoms with E-state index in [1.54, 1.807) is 17.0 Å². The second kappa shape index (κ2) is 10.6. The molecule has 26 heavy (non-hydrogen) atoms. The van der Waals surface area contributed by atoms with E-state index in [2.05, 4.69) is 11.4 Å². The summed E-state index contributed by atoms with van der Waals surface area (Å²) in [6.45, 7) is 2.67. The molecule has 0 aliphatic heterocycles. The van der Waals surface area contributed by atoms with E-state index >= 15 is 0 Å². The number of hydrogen-bond acceptors (Lipinski definition) is 2. The van der Waals surface area contributed by atoms with Crippen molar-refractivity contribution in [3.63, 3.8) is 0 Å². The Morgan fingerprint density at radius 2 is 2.00 bits per heavy atom. The summed E-state index contributed by atoms with van der Waals surface area (Å²) in [4.78, 5) is 25.6. The highest BCUT2D eigenvalue weighted by Gasteiger charge is 2.14. The highest BCUT2D eigenvalue weighted by molar-refractivity contribution is 6.35. The summed E-state index contributed by atoms with van der Waals surface area (Å²) in [5, 5.41) is 4.04. The minimum atomic E-state index is -0.150. The van der Waals surface area contributed by atoms with E-state index in [9.17, 15) is 9.59 Å². The molecule has 0 saturated heterocycles. The van der Waals surface area contributed by atoms with Gasteiger partial charge >= 0.3 is 0 Å². The minimum absolute atomic E-state index is 0.0719. The number of benzene rings is 1. The second-order valence-electron chi connectivity index (χ2n) is 6.63. The largest absolute Gasteiger partial charge is 0.354 e. The van der Waals surface area contributed by atoms with Crippen LogP contribution in [0.2, 0.25) is 10.0 Å². The molecule has 0 bridgehead atoms. The maximum absolute atomic E-state index is 12.2. The SMILES string of the molecule is CC(=O)N(CCC1=CCCCC1)CC(=O)NCCc1ccc(Cl)cc1Cl. The van der Waals surface area contributed by atoms with Crippen molar-refractivity contribution in [1.29, 1.82) is 0 Å². The molecule has 0 aromatic heterocycles. The Hall–Kier alpha value is -1.52. The van der Waals surface area contributed by atoms with Crippen LogP contribution in [-0.2, 0) is 16.0 Å². The molecule has 0 saturated carbocycles. The third-order valence-corrected chi connectivity index (χ3v) is 5.19. The van der Waals surface area contributed by atoms with E-state index in [0.717, 1.165) is 24.8 Å². The van der Waals surface area contributed by atoms with Crippen LogP contribution in [0.3, 0.4) is 0 Å². The zero-order valence-corrected chi connectivity index (χ0v) is 16.7. The number of allylic oxidation sites excluding steroid dienone is 1. The number of halogens is 2. The van der Waals surface area contributed by atoms with E-state index < -0.39 is 0 Å². The van der Waals surface area contributed by atoms with Crippen molar-refractivity contribution in [3.05, 3.63) is 45.5 Å². The van der Waals surface area contributed by atoms with Gasteiger partial charge in [0, 0.05) is 30.1 Å². The quantitative estimate of drug-likeness (QED) is 0.662. The van der Waals surface area contributed by atoms with E-state index in [1.807, 2.05) is 6.07 Å². The fraction of sp³-hybridized carbons (Fsp3) is 0.500. The predicted octanol–water partition coefficient (Wildman–Crippen LogP) is 4.39. The lowest BCUT2D eigenvalue weighted by molar-refractivity contribution is -0.134. The number of carbonyl (C=O) groups is 2. The summed E-state index contributed by atoms with van der Waals surface area (Å²) in [5.41, 5.74) is 2.34. The van der Waals surface area contributed by atoms with Gasteiger partial charge in [-0.05, 0) is 56.2 Å². The fourth-order valence-corrected chi connectivity index (χ4v) is 3.55. The molecule has 0 radical (unpaired) electrons. The van der Waals surface area contributed by atoms with Crippen LogP contribution in [0.4, 0.5) is 0 Å². The highest BCUT2D eigenvalue weighted by Crippen LogP contribution is 2.21. The van der Waals surface area contributed by atoms with Gasteiger partial charge in [0.05, 0.1) is 6.54 Å². The molecule has 0 heterocycles. The van der Waals surface area contributed by atoms with Gasteiger partial charge in [0.25, 0.3) is 0 Å². The number of amides is 2. The molecule has 0 fully saturated rings. The molecule has 1 aromatic carbocycles. The molecule has 0 unspecified atom stereocenters. The summed E-state index contributed by atoms with van der Waals surface area (Å²) >= 11 is 12.0. The van der Waals surface area contributed by atoms with Crippen LogP contribution in [0.1, 0.15) is 44.6 Å². The first kappa shape index (κ1) is 20.8. The van der Waals surface area contributed by atoms with Crippen molar-refractivity contribution >= 4 is 35.0 Å². The van der Waals surface area contributed by atoms with Gasteiger partial charge in [-0.1, -0.05) is 40.9 Å². The molecule has 1 aromatic rings. The minimum Gasteiger partial charge on any atom is -0.354 e. The lowest BCUT2D eigenvalue weighted by atomic mass is 9.97. The van der Waals surface area contributed by atoms with Gasteiger partial charge < -0.3 is 10.2 Å². The molecule has 2 amide bonds. The van der Waals surface area contributed by atoms with E-state index in [-0.39, 0.29) is 18.4 Å². The molecule has 1 N–H and O–H groups in total. The summed E-state index contributed by atoms with van der Waals surface area (Å²) < 4.78 is 0. The monoisotopic (exact) mass is 396 g/mol. The van der Waals surface area contributed by atoms with Gasteiger partial charge in [-0.2, -0.15) is 0 Å². The molecule has 6 heteroatoms. The first-order valence-corrected chi connectivity index (χ1v) is 9.85. The molecule has 1 aliphatic carbocycles. The van der Waals surface area contributed by atoms with Crippen LogP contribution in [0.5, 0.6) is 0 Å². The zero-order valence-electron chi connectivity index (χ0n) is 15.2. The van der Waals surface area contributed by atoms with E-state index in [4.69, 9.17) is 23.2 Å². The Kier molecular flexibility index (Phi) is 8.46. The van der Waals surface area contributed by atoms with Gasteiger partial charge in [-0.15, -0.1) is 0 Å². The zero-order chi connectivity index (χ0) is 18.9. The average Bonchev–Trinajstić information content (AvgIpc) is 2.61. The van der Waals surface area contributed by atoms with E-state index in [0.29, 0.717) is 29.6 Å². The third kappa shape index (κ3) is 7.00. The molecular formula is C20H26Cl2N2O2. The molecule has 4 nitrogen and oxygen atoms in total. The summed E-state index contributed by atoms with van der Waals surface area (Å²) in [6.07, 6.45) is 8.46. The van der Waals surface area contributed by atoms with Gasteiger partial charge in [0.2, 0.25) is 11.8 Å². The third-order valence-electron chi connectivity index (χ3n) is 4.60. The smallest absolute Gasteiger partial charge is 0.239 e. The first-order valence-electron chi connectivity index (χ1n) is 9.09. The summed E-state index contributed by atoms with van der Waals surface area (Å²) in [5.74, 6) is -0.222. The Morgan fingerprint density at radius 1 is 1.19 bits per heavy atom. The second-order valence-corrected chi connectivity index (χ2v) is 7.48. The molecule has 1 aliphatic rings. The summed E-state index contributed by atoms with van der Waals surface area (Å²) in [6, 6.07) is 5.33. The van der Waals surface area contributed by atoms with Crippen LogP contribution in [-0.4, -0.2) is 36.3 Å². The Labute approximate surface area is 165 Å². The molecule has 0 atom stereocenters. The van der Waals surface area contributed by atoms with Crippen LogP contribution < -0.4 is 5.32 Å². The molecule has 2 rings (SSSR count). The molecular weight excluding hydrogens is 371 g/mol. The lowest BCUT2D eigenvalue weighted by Gasteiger charge is -2.22. The van der Waals surface area contributed by atoms with Crippen molar-refractivity contribution in [2.75, 3.05) is 19.6 Å². The molecule has 142 valence electrons. The van der Waals surface area contributed by atoms with Gasteiger partial charge in [0.15, 0.2) is 0 Å². The van der Waals surface area contributed by atoms with Gasteiger partial charge in [-0.3, -0.25) is 9.59 Å². The van der Waals surface area contributed by atoms with E-state index in [1.165, 1.54) is 25.3 Å².